The van der Waals surface area contributed by atoms with Crippen LogP contribution < -0.4 is 10.6 Å². The molecule has 2 aromatic rings. The van der Waals surface area contributed by atoms with Gasteiger partial charge in [-0.15, -0.1) is 0 Å². The van der Waals surface area contributed by atoms with E-state index in [2.05, 4.69) is 10.6 Å². The van der Waals surface area contributed by atoms with Gasteiger partial charge in [-0.3, -0.25) is 9.59 Å². The number of benzene rings is 2. The van der Waals surface area contributed by atoms with Crippen molar-refractivity contribution in [1.29, 1.82) is 0 Å². The quantitative estimate of drug-likeness (QED) is 0.631. The van der Waals surface area contributed by atoms with Gasteiger partial charge in [0.2, 0.25) is 15.9 Å². The van der Waals surface area contributed by atoms with Gasteiger partial charge in [0.05, 0.1) is 17.0 Å². The van der Waals surface area contributed by atoms with Crippen LogP contribution in [0.25, 0.3) is 0 Å². The third-order valence-electron chi connectivity index (χ3n) is 5.48. The van der Waals surface area contributed by atoms with Crippen molar-refractivity contribution in [3.8, 4) is 0 Å². The van der Waals surface area contributed by atoms with Crippen LogP contribution >= 0.6 is 0 Å². The second-order valence-corrected chi connectivity index (χ2v) is 9.78. The van der Waals surface area contributed by atoms with Gasteiger partial charge in [-0.1, -0.05) is 37.3 Å². The first-order valence-electron chi connectivity index (χ1n) is 10.7. The van der Waals surface area contributed by atoms with Gasteiger partial charge in [0.25, 0.3) is 5.91 Å². The van der Waals surface area contributed by atoms with Crippen LogP contribution in [0.4, 0.5) is 10.1 Å². The number of carbonyl (C=O) groups is 2. The average Bonchev–Trinajstić information content (AvgIpc) is 2.79. The maximum atomic E-state index is 13.9. The molecule has 0 bridgehead atoms. The first-order chi connectivity index (χ1) is 15.3. The van der Waals surface area contributed by atoms with E-state index >= 15 is 0 Å². The Hall–Kier alpha value is -2.78. The standard InChI is InChI=1S/C23H28FN3O4S/c1-2-13-25-23(29)19-8-4-6-10-21(19)26-22(28)17-11-14-27(15-12-17)32(30,31)16-18-7-3-5-9-20(18)24/h3-10,17H,2,11-16H2,1H3,(H,25,29)(H,26,28). The molecule has 2 amide bonds. The molecule has 1 saturated heterocycles. The van der Waals surface area contributed by atoms with Crippen LogP contribution in [0.2, 0.25) is 0 Å². The smallest absolute Gasteiger partial charge is 0.253 e. The topological polar surface area (TPSA) is 95.6 Å². The average molecular weight is 462 g/mol. The summed E-state index contributed by atoms with van der Waals surface area (Å²) >= 11 is 0. The molecule has 3 rings (SSSR count). The molecule has 1 aliphatic heterocycles. The normalized spacial score (nSPS) is 15.3. The van der Waals surface area contributed by atoms with Crippen LogP contribution in [0, 0.1) is 11.7 Å². The van der Waals surface area contributed by atoms with E-state index in [0.717, 1.165) is 6.42 Å². The summed E-state index contributed by atoms with van der Waals surface area (Å²) in [6, 6.07) is 12.6. The summed E-state index contributed by atoms with van der Waals surface area (Å²) < 4.78 is 40.6. The van der Waals surface area contributed by atoms with Gasteiger partial charge < -0.3 is 10.6 Å². The van der Waals surface area contributed by atoms with E-state index in [1.165, 1.54) is 22.5 Å². The number of carbonyl (C=O) groups excluding carboxylic acids is 2. The molecule has 0 atom stereocenters. The second kappa shape index (κ2) is 10.7. The largest absolute Gasteiger partial charge is 0.352 e. The molecule has 2 aromatic carbocycles. The zero-order chi connectivity index (χ0) is 23.1. The SMILES string of the molecule is CCCNC(=O)c1ccccc1NC(=O)C1CCN(S(=O)(=O)Cc2ccccc2F)CC1. The highest BCUT2D eigenvalue weighted by atomic mass is 32.2. The van der Waals surface area contributed by atoms with E-state index in [9.17, 15) is 22.4 Å². The number of anilines is 1. The van der Waals surface area contributed by atoms with E-state index in [0.29, 0.717) is 30.6 Å². The predicted molar refractivity (Wildman–Crippen MR) is 121 cm³/mol. The van der Waals surface area contributed by atoms with E-state index < -0.39 is 21.6 Å². The monoisotopic (exact) mass is 461 g/mol. The molecule has 1 aliphatic rings. The van der Waals surface area contributed by atoms with Crippen LogP contribution in [-0.2, 0) is 20.6 Å². The summed E-state index contributed by atoms with van der Waals surface area (Å²) in [5.41, 5.74) is 0.949. The molecule has 2 N–H and O–H groups in total. The van der Waals surface area contributed by atoms with Crippen LogP contribution in [0.3, 0.4) is 0 Å². The van der Waals surface area contributed by atoms with Gasteiger partial charge in [0.15, 0.2) is 0 Å². The van der Waals surface area contributed by atoms with Crippen molar-refractivity contribution in [2.75, 3.05) is 25.0 Å². The number of halogens is 1. The van der Waals surface area contributed by atoms with E-state index in [4.69, 9.17) is 0 Å². The summed E-state index contributed by atoms with van der Waals surface area (Å²) in [4.78, 5) is 25.1. The molecule has 0 aromatic heterocycles. The number of hydrogen-bond acceptors (Lipinski definition) is 4. The Kier molecular flexibility index (Phi) is 7.98. The zero-order valence-electron chi connectivity index (χ0n) is 18.0. The molecule has 7 nitrogen and oxygen atoms in total. The van der Waals surface area contributed by atoms with E-state index in [1.807, 2.05) is 6.92 Å². The second-order valence-electron chi connectivity index (χ2n) is 7.81. The number of rotatable bonds is 8. The Morgan fingerprint density at radius 2 is 1.72 bits per heavy atom. The summed E-state index contributed by atoms with van der Waals surface area (Å²) in [5, 5.41) is 5.62. The summed E-state index contributed by atoms with van der Waals surface area (Å²) in [6.07, 6.45) is 1.51. The minimum atomic E-state index is -3.69. The van der Waals surface area contributed by atoms with Crippen molar-refractivity contribution in [3.63, 3.8) is 0 Å². The number of amides is 2. The Labute approximate surface area is 188 Å². The molecule has 172 valence electrons. The lowest BCUT2D eigenvalue weighted by Crippen LogP contribution is -2.42. The lowest BCUT2D eigenvalue weighted by Gasteiger charge is -2.30. The fourth-order valence-corrected chi connectivity index (χ4v) is 5.23. The third kappa shape index (κ3) is 5.92. The van der Waals surface area contributed by atoms with E-state index in [-0.39, 0.29) is 36.4 Å². The molecular formula is C23H28FN3O4S. The van der Waals surface area contributed by atoms with Gasteiger partial charge in [0.1, 0.15) is 5.82 Å². The molecule has 0 unspecified atom stereocenters. The molecule has 0 spiro atoms. The van der Waals surface area contributed by atoms with Gasteiger partial charge in [-0.2, -0.15) is 0 Å². The predicted octanol–water partition coefficient (Wildman–Crippen LogP) is 3.15. The molecule has 1 heterocycles. The minimum Gasteiger partial charge on any atom is -0.352 e. The van der Waals surface area contributed by atoms with Crippen molar-refractivity contribution in [2.45, 2.75) is 31.9 Å². The highest BCUT2D eigenvalue weighted by Crippen LogP contribution is 2.24. The van der Waals surface area contributed by atoms with Crippen molar-refractivity contribution in [3.05, 3.63) is 65.5 Å². The molecular weight excluding hydrogens is 433 g/mol. The zero-order valence-corrected chi connectivity index (χ0v) is 18.8. The Morgan fingerprint density at radius 1 is 1.06 bits per heavy atom. The summed E-state index contributed by atoms with van der Waals surface area (Å²) in [5.74, 6) is -1.83. The highest BCUT2D eigenvalue weighted by Gasteiger charge is 2.32. The molecule has 9 heteroatoms. The molecule has 0 radical (unpaired) electrons. The van der Waals surface area contributed by atoms with Crippen LogP contribution in [0.1, 0.15) is 42.1 Å². The number of piperidine rings is 1. The van der Waals surface area contributed by atoms with Crippen LogP contribution in [0.15, 0.2) is 48.5 Å². The van der Waals surface area contributed by atoms with Crippen molar-refractivity contribution >= 4 is 27.5 Å². The minimum absolute atomic E-state index is 0.130. The number of hydrogen-bond donors (Lipinski definition) is 2. The first kappa shape index (κ1) is 23.9. The fourth-order valence-electron chi connectivity index (χ4n) is 3.66. The van der Waals surface area contributed by atoms with Gasteiger partial charge in [0, 0.05) is 31.1 Å². The summed E-state index contributed by atoms with van der Waals surface area (Å²) in [7, 11) is -3.69. The summed E-state index contributed by atoms with van der Waals surface area (Å²) in [6.45, 7) is 2.87. The molecule has 32 heavy (non-hydrogen) atoms. The van der Waals surface area contributed by atoms with Crippen LogP contribution in [-0.4, -0.2) is 44.2 Å². The maximum absolute atomic E-state index is 13.9. The van der Waals surface area contributed by atoms with Gasteiger partial charge in [-0.25, -0.2) is 17.1 Å². The van der Waals surface area contributed by atoms with Crippen molar-refractivity contribution < 1.29 is 22.4 Å². The highest BCUT2D eigenvalue weighted by molar-refractivity contribution is 7.88. The van der Waals surface area contributed by atoms with Crippen molar-refractivity contribution in [1.82, 2.24) is 9.62 Å². The number of sulfonamides is 1. The van der Waals surface area contributed by atoms with Gasteiger partial charge in [-0.05, 0) is 37.5 Å². The van der Waals surface area contributed by atoms with E-state index in [1.54, 1.807) is 30.3 Å². The van der Waals surface area contributed by atoms with Crippen molar-refractivity contribution in [2.24, 2.45) is 5.92 Å². The lowest BCUT2D eigenvalue weighted by atomic mass is 9.97. The molecule has 0 saturated carbocycles. The lowest BCUT2D eigenvalue weighted by molar-refractivity contribution is -0.120. The third-order valence-corrected chi connectivity index (χ3v) is 7.31. The Balaban J connectivity index is 1.59. The number of nitrogens with one attached hydrogen (secondary N) is 2. The van der Waals surface area contributed by atoms with Gasteiger partial charge >= 0.3 is 0 Å². The molecule has 0 aliphatic carbocycles. The molecule has 1 fully saturated rings. The Morgan fingerprint density at radius 3 is 2.41 bits per heavy atom. The maximum Gasteiger partial charge on any atom is 0.253 e. The number of nitrogens with zero attached hydrogens (tertiary/aromatic N) is 1. The Bertz CT molecular complexity index is 1070. The van der Waals surface area contributed by atoms with Crippen LogP contribution in [0.5, 0.6) is 0 Å². The fraction of sp³-hybridized carbons (Fsp3) is 0.391. The number of para-hydroxylation sites is 1. The first-order valence-corrected chi connectivity index (χ1v) is 12.3.